The molecule has 0 radical (unpaired) electrons. The fraction of sp³-hybridized carbons (Fsp3) is 0.304. The number of ether oxygens (including phenoxy) is 2. The molecule has 0 aromatic heterocycles. The van der Waals surface area contributed by atoms with Crippen LogP contribution >= 0.6 is 0 Å². The van der Waals surface area contributed by atoms with E-state index < -0.39 is 0 Å². The summed E-state index contributed by atoms with van der Waals surface area (Å²) in [6.07, 6.45) is 0.624. The molecular weight excluding hydrogens is 396 g/mol. The highest BCUT2D eigenvalue weighted by atomic mass is 16.5. The summed E-state index contributed by atoms with van der Waals surface area (Å²) in [4.78, 5) is 26.4. The quantitative estimate of drug-likeness (QED) is 0.564. The van der Waals surface area contributed by atoms with Crippen molar-refractivity contribution >= 4 is 34.4 Å². The van der Waals surface area contributed by atoms with Crippen molar-refractivity contribution in [2.45, 2.75) is 13.3 Å². The van der Waals surface area contributed by atoms with Gasteiger partial charge in [-0.05, 0) is 43.8 Å². The Bertz CT molecular complexity index is 1010. The summed E-state index contributed by atoms with van der Waals surface area (Å²) in [6.45, 7) is 2.26. The van der Waals surface area contributed by atoms with E-state index in [4.69, 9.17) is 9.47 Å². The zero-order valence-corrected chi connectivity index (χ0v) is 18.5. The van der Waals surface area contributed by atoms with Crippen LogP contribution in [0.5, 0.6) is 11.5 Å². The number of methoxy groups -OCH3 is 2. The lowest BCUT2D eigenvalue weighted by Gasteiger charge is -2.18. The molecule has 3 N–H and O–H groups in total. The number of hydrogen-bond acceptors (Lipinski definition) is 6. The second kappa shape index (κ2) is 9.53. The normalized spacial score (nSPS) is 13.9. The number of carbonyl (C=O) groups excluding carboxylic acids is 2. The maximum Gasteiger partial charge on any atom is 0.258 e. The molecule has 0 spiro atoms. The minimum atomic E-state index is -0.177. The van der Waals surface area contributed by atoms with Gasteiger partial charge in [0.2, 0.25) is 5.91 Å². The van der Waals surface area contributed by atoms with Gasteiger partial charge in [-0.15, -0.1) is 0 Å². The molecule has 0 atom stereocenters. The van der Waals surface area contributed by atoms with Gasteiger partial charge in [0.15, 0.2) is 11.5 Å². The molecule has 3 rings (SSSR count). The SMILES string of the molecule is CC/C(Nc1ccc(N(C)C(=O)CNC)cc1)=C1\C(=O)Nc2cc(OC)c(OC)cc21. The van der Waals surface area contributed by atoms with Crippen LogP contribution in [0.25, 0.3) is 5.57 Å². The van der Waals surface area contributed by atoms with Gasteiger partial charge >= 0.3 is 0 Å². The molecule has 8 heteroatoms. The number of likely N-dealkylation sites (N-methyl/N-ethyl adjacent to an activating group) is 2. The zero-order valence-electron chi connectivity index (χ0n) is 18.5. The van der Waals surface area contributed by atoms with E-state index in [1.807, 2.05) is 37.3 Å². The van der Waals surface area contributed by atoms with Crippen molar-refractivity contribution < 1.29 is 19.1 Å². The van der Waals surface area contributed by atoms with Gasteiger partial charge in [-0.1, -0.05) is 6.92 Å². The monoisotopic (exact) mass is 424 g/mol. The van der Waals surface area contributed by atoms with Crippen molar-refractivity contribution in [1.29, 1.82) is 0 Å². The topological polar surface area (TPSA) is 91.9 Å². The van der Waals surface area contributed by atoms with E-state index in [1.165, 1.54) is 0 Å². The van der Waals surface area contributed by atoms with E-state index in [0.29, 0.717) is 29.2 Å². The largest absolute Gasteiger partial charge is 0.493 e. The molecule has 0 bridgehead atoms. The fourth-order valence-corrected chi connectivity index (χ4v) is 3.48. The van der Waals surface area contributed by atoms with Gasteiger partial charge in [0, 0.05) is 35.7 Å². The Morgan fingerprint density at radius 1 is 1.10 bits per heavy atom. The molecule has 1 aliphatic heterocycles. The first-order valence-electron chi connectivity index (χ1n) is 10.0. The molecule has 0 saturated heterocycles. The highest BCUT2D eigenvalue weighted by Gasteiger charge is 2.29. The summed E-state index contributed by atoms with van der Waals surface area (Å²) in [5.74, 6) is 0.914. The number of benzene rings is 2. The Labute approximate surface area is 182 Å². The van der Waals surface area contributed by atoms with Crippen LogP contribution in [-0.2, 0) is 9.59 Å². The minimum absolute atomic E-state index is 0.0248. The molecule has 1 aliphatic rings. The Hall–Kier alpha value is -3.52. The molecule has 0 saturated carbocycles. The first kappa shape index (κ1) is 22.2. The molecule has 164 valence electrons. The number of carbonyl (C=O) groups is 2. The highest BCUT2D eigenvalue weighted by molar-refractivity contribution is 6.32. The van der Waals surface area contributed by atoms with Crippen LogP contribution in [0.3, 0.4) is 0 Å². The fourth-order valence-electron chi connectivity index (χ4n) is 3.48. The maximum atomic E-state index is 12.8. The number of amides is 2. The van der Waals surface area contributed by atoms with Crippen molar-refractivity contribution in [3.63, 3.8) is 0 Å². The summed E-state index contributed by atoms with van der Waals surface area (Å²) in [5, 5.41) is 9.12. The van der Waals surface area contributed by atoms with Crippen molar-refractivity contribution in [1.82, 2.24) is 5.32 Å². The lowest BCUT2D eigenvalue weighted by Crippen LogP contribution is -2.34. The molecule has 1 heterocycles. The summed E-state index contributed by atoms with van der Waals surface area (Å²) >= 11 is 0. The van der Waals surface area contributed by atoms with Crippen molar-refractivity contribution in [2.24, 2.45) is 0 Å². The van der Waals surface area contributed by atoms with E-state index in [9.17, 15) is 9.59 Å². The Morgan fingerprint density at radius 3 is 2.32 bits per heavy atom. The van der Waals surface area contributed by atoms with E-state index in [1.54, 1.807) is 39.3 Å². The number of anilines is 3. The number of rotatable bonds is 8. The third-order valence-corrected chi connectivity index (χ3v) is 5.18. The number of nitrogens with one attached hydrogen (secondary N) is 3. The van der Waals surface area contributed by atoms with E-state index in [2.05, 4.69) is 16.0 Å². The minimum Gasteiger partial charge on any atom is -0.493 e. The van der Waals surface area contributed by atoms with Crippen LogP contribution in [0, 0.1) is 0 Å². The molecule has 0 unspecified atom stereocenters. The molecular formula is C23H28N4O4. The Kier molecular flexibility index (Phi) is 6.81. The van der Waals surface area contributed by atoms with Crippen molar-refractivity contribution in [2.75, 3.05) is 50.4 Å². The summed E-state index contributed by atoms with van der Waals surface area (Å²) in [5.41, 5.74) is 4.42. The van der Waals surface area contributed by atoms with Crippen molar-refractivity contribution in [3.05, 3.63) is 47.7 Å². The Morgan fingerprint density at radius 2 is 1.74 bits per heavy atom. The van der Waals surface area contributed by atoms with Crippen LogP contribution in [0.4, 0.5) is 17.1 Å². The van der Waals surface area contributed by atoms with Gasteiger partial charge in [0.1, 0.15) is 0 Å². The van der Waals surface area contributed by atoms with Gasteiger partial charge in [0.05, 0.1) is 32.0 Å². The van der Waals surface area contributed by atoms with Gasteiger partial charge in [0.25, 0.3) is 5.91 Å². The van der Waals surface area contributed by atoms with E-state index in [0.717, 1.165) is 22.6 Å². The second-order valence-corrected chi connectivity index (χ2v) is 7.07. The standard InChI is InChI=1S/C23H28N4O4/c1-6-17(25-14-7-9-15(10-8-14)27(3)21(28)13-24-2)22-16-11-19(30-4)20(31-5)12-18(16)26-23(22)29/h7-12,24-25H,6,13H2,1-5H3,(H,26,29)/b22-17+. The lowest BCUT2D eigenvalue weighted by atomic mass is 10.0. The number of nitrogens with zero attached hydrogens (tertiary/aromatic N) is 1. The summed E-state index contributed by atoms with van der Waals surface area (Å²) < 4.78 is 10.7. The predicted octanol–water partition coefficient (Wildman–Crippen LogP) is 3.07. The Balaban J connectivity index is 1.91. The number of hydrogen-bond donors (Lipinski definition) is 3. The zero-order chi connectivity index (χ0) is 22.5. The van der Waals surface area contributed by atoms with Crippen LogP contribution in [0.2, 0.25) is 0 Å². The number of fused-ring (bicyclic) bond motifs is 1. The van der Waals surface area contributed by atoms with Crippen LogP contribution in [-0.4, -0.2) is 46.7 Å². The molecule has 8 nitrogen and oxygen atoms in total. The molecule has 2 aromatic carbocycles. The maximum absolute atomic E-state index is 12.8. The molecule has 0 aliphatic carbocycles. The van der Waals surface area contributed by atoms with Gasteiger partial charge in [-0.2, -0.15) is 0 Å². The van der Waals surface area contributed by atoms with Crippen LogP contribution < -0.4 is 30.3 Å². The van der Waals surface area contributed by atoms with Crippen LogP contribution in [0.1, 0.15) is 18.9 Å². The van der Waals surface area contributed by atoms with Gasteiger partial charge in [-0.3, -0.25) is 9.59 Å². The first-order chi connectivity index (χ1) is 14.9. The first-order valence-corrected chi connectivity index (χ1v) is 10.0. The highest BCUT2D eigenvalue weighted by Crippen LogP contribution is 2.42. The third kappa shape index (κ3) is 4.49. The summed E-state index contributed by atoms with van der Waals surface area (Å²) in [6, 6.07) is 11.1. The number of allylic oxidation sites excluding steroid dienone is 1. The molecule has 2 amide bonds. The smallest absolute Gasteiger partial charge is 0.258 e. The molecule has 31 heavy (non-hydrogen) atoms. The average Bonchev–Trinajstić information content (AvgIpc) is 3.10. The summed E-state index contributed by atoms with van der Waals surface area (Å²) in [7, 11) is 6.60. The molecule has 0 fully saturated rings. The second-order valence-electron chi connectivity index (χ2n) is 7.07. The van der Waals surface area contributed by atoms with E-state index in [-0.39, 0.29) is 18.4 Å². The van der Waals surface area contributed by atoms with Crippen molar-refractivity contribution in [3.8, 4) is 11.5 Å². The van der Waals surface area contributed by atoms with E-state index >= 15 is 0 Å². The van der Waals surface area contributed by atoms with Gasteiger partial charge in [-0.25, -0.2) is 0 Å². The predicted molar refractivity (Wildman–Crippen MR) is 123 cm³/mol. The average molecular weight is 425 g/mol. The third-order valence-electron chi connectivity index (χ3n) is 5.18. The molecule has 2 aromatic rings. The lowest BCUT2D eigenvalue weighted by molar-refractivity contribution is -0.117. The van der Waals surface area contributed by atoms with Gasteiger partial charge < -0.3 is 30.3 Å². The van der Waals surface area contributed by atoms with Crippen LogP contribution in [0.15, 0.2) is 42.1 Å².